The Morgan fingerprint density at radius 3 is 2.60 bits per heavy atom. The van der Waals surface area contributed by atoms with Crippen LogP contribution in [0.2, 0.25) is 5.02 Å². The summed E-state index contributed by atoms with van der Waals surface area (Å²) in [6.07, 6.45) is 0.794. The highest BCUT2D eigenvalue weighted by atomic mass is 35.5. The highest BCUT2D eigenvalue weighted by molar-refractivity contribution is 6.32. The summed E-state index contributed by atoms with van der Waals surface area (Å²) < 4.78 is 11.6. The van der Waals surface area contributed by atoms with Crippen molar-refractivity contribution in [1.82, 2.24) is 4.90 Å². The maximum atomic E-state index is 13.5. The number of ether oxygens (including phenoxy) is 1. The fraction of sp³-hybridized carbons (Fsp3) is 0.333. The third-order valence-corrected chi connectivity index (χ3v) is 5.76. The first-order valence-corrected chi connectivity index (χ1v) is 10.5. The lowest BCUT2D eigenvalue weighted by Crippen LogP contribution is -2.31. The van der Waals surface area contributed by atoms with E-state index in [0.29, 0.717) is 41.1 Å². The van der Waals surface area contributed by atoms with Crippen LogP contribution in [0.4, 0.5) is 0 Å². The second kappa shape index (κ2) is 8.25. The highest BCUT2D eigenvalue weighted by Gasteiger charge is 2.42. The Hall–Kier alpha value is -2.63. The lowest BCUT2D eigenvalue weighted by Gasteiger charge is -2.25. The van der Waals surface area contributed by atoms with E-state index >= 15 is 0 Å². The second-order valence-electron chi connectivity index (χ2n) is 7.86. The van der Waals surface area contributed by atoms with E-state index < -0.39 is 6.04 Å². The van der Waals surface area contributed by atoms with Crippen molar-refractivity contribution >= 4 is 28.5 Å². The van der Waals surface area contributed by atoms with Crippen LogP contribution in [-0.2, 0) is 4.74 Å². The topological polar surface area (TPSA) is 59.8 Å². The van der Waals surface area contributed by atoms with Crippen molar-refractivity contribution in [3.8, 4) is 0 Å². The molecule has 1 aliphatic heterocycles. The smallest absolute Gasteiger partial charge is 0.290 e. The number of hydrogen-bond donors (Lipinski definition) is 0. The summed E-state index contributed by atoms with van der Waals surface area (Å²) in [5.74, 6) is -0.150. The number of aryl methyl sites for hydroxylation is 1. The molecule has 1 aliphatic rings. The minimum absolute atomic E-state index is 0.118. The van der Waals surface area contributed by atoms with Crippen LogP contribution in [0, 0.1) is 6.92 Å². The molecule has 0 aliphatic carbocycles. The molecule has 30 heavy (non-hydrogen) atoms. The standard InChI is InChI=1S/C24H24ClNO4/c1-14(2)29-11-7-10-26-21(16-8-5-4-6-9-16)20-22(27)17-13-18(25)15(3)12-19(17)30-23(20)24(26)28/h4-6,8-9,12-14,21H,7,10-11H2,1-3H3. The third-order valence-electron chi connectivity index (χ3n) is 5.36. The van der Waals surface area contributed by atoms with Crippen molar-refractivity contribution in [2.75, 3.05) is 13.2 Å². The number of carbonyl (C=O) groups is 1. The maximum absolute atomic E-state index is 13.5. The summed E-state index contributed by atoms with van der Waals surface area (Å²) >= 11 is 6.26. The lowest BCUT2D eigenvalue weighted by atomic mass is 9.98. The lowest BCUT2D eigenvalue weighted by molar-refractivity contribution is 0.0593. The van der Waals surface area contributed by atoms with Gasteiger partial charge in [-0.25, -0.2) is 0 Å². The Morgan fingerprint density at radius 1 is 1.17 bits per heavy atom. The SMILES string of the molecule is Cc1cc2oc3c(c(=O)c2cc1Cl)C(c1ccccc1)N(CCCOC(C)C)C3=O. The van der Waals surface area contributed by atoms with Crippen molar-refractivity contribution in [2.45, 2.75) is 39.3 Å². The Kier molecular flexibility index (Phi) is 5.67. The van der Waals surface area contributed by atoms with Gasteiger partial charge in [-0.3, -0.25) is 9.59 Å². The number of nitrogens with zero attached hydrogens (tertiary/aromatic N) is 1. The average Bonchev–Trinajstić information content (AvgIpc) is 3.00. The Morgan fingerprint density at radius 2 is 1.90 bits per heavy atom. The summed E-state index contributed by atoms with van der Waals surface area (Å²) in [6, 6.07) is 12.4. The summed E-state index contributed by atoms with van der Waals surface area (Å²) in [4.78, 5) is 28.4. The van der Waals surface area contributed by atoms with E-state index in [0.717, 1.165) is 11.1 Å². The van der Waals surface area contributed by atoms with Gasteiger partial charge in [-0.05, 0) is 50.5 Å². The molecule has 1 amide bonds. The summed E-state index contributed by atoms with van der Waals surface area (Å²) in [7, 11) is 0. The molecular formula is C24H24ClNO4. The van der Waals surface area contributed by atoms with Crippen LogP contribution in [0.5, 0.6) is 0 Å². The fourth-order valence-electron chi connectivity index (χ4n) is 3.91. The zero-order valence-electron chi connectivity index (χ0n) is 17.3. The molecule has 4 rings (SSSR count). The predicted octanol–water partition coefficient (Wildman–Crippen LogP) is 5.12. The number of benzene rings is 2. The summed E-state index contributed by atoms with van der Waals surface area (Å²) in [5.41, 5.74) is 2.21. The molecule has 0 N–H and O–H groups in total. The van der Waals surface area contributed by atoms with Crippen LogP contribution < -0.4 is 5.43 Å². The first kappa shape index (κ1) is 20.6. The number of hydrogen-bond acceptors (Lipinski definition) is 4. The molecule has 0 spiro atoms. The Balaban J connectivity index is 1.83. The monoisotopic (exact) mass is 425 g/mol. The first-order valence-electron chi connectivity index (χ1n) is 10.1. The largest absolute Gasteiger partial charge is 0.450 e. The van der Waals surface area contributed by atoms with Gasteiger partial charge in [0.25, 0.3) is 5.91 Å². The quantitative estimate of drug-likeness (QED) is 0.514. The molecule has 5 nitrogen and oxygen atoms in total. The van der Waals surface area contributed by atoms with E-state index in [2.05, 4.69) is 0 Å². The molecule has 0 radical (unpaired) electrons. The molecule has 0 bridgehead atoms. The van der Waals surface area contributed by atoms with Crippen molar-refractivity contribution in [2.24, 2.45) is 0 Å². The van der Waals surface area contributed by atoms with Gasteiger partial charge in [-0.2, -0.15) is 0 Å². The van der Waals surface area contributed by atoms with Crippen LogP contribution >= 0.6 is 11.6 Å². The second-order valence-corrected chi connectivity index (χ2v) is 8.26. The molecule has 1 aromatic heterocycles. The summed E-state index contributed by atoms with van der Waals surface area (Å²) in [6.45, 7) is 6.79. The number of carbonyl (C=O) groups excluding carboxylic acids is 1. The highest BCUT2D eigenvalue weighted by Crippen LogP contribution is 2.38. The number of amides is 1. The van der Waals surface area contributed by atoms with Crippen molar-refractivity contribution in [1.29, 1.82) is 0 Å². The Labute approximate surface area is 180 Å². The molecule has 3 aromatic rings. The summed E-state index contributed by atoms with van der Waals surface area (Å²) in [5, 5.41) is 0.890. The van der Waals surface area contributed by atoms with Gasteiger partial charge in [-0.15, -0.1) is 0 Å². The normalized spacial score (nSPS) is 16.0. The van der Waals surface area contributed by atoms with Gasteiger partial charge in [-0.1, -0.05) is 41.9 Å². The fourth-order valence-corrected chi connectivity index (χ4v) is 4.07. The molecule has 0 saturated carbocycles. The minimum atomic E-state index is -0.492. The molecule has 0 saturated heterocycles. The van der Waals surface area contributed by atoms with E-state index in [1.165, 1.54) is 0 Å². The van der Waals surface area contributed by atoms with Crippen LogP contribution in [0.25, 0.3) is 11.0 Å². The van der Waals surface area contributed by atoms with Gasteiger partial charge in [0.15, 0.2) is 5.43 Å². The zero-order valence-corrected chi connectivity index (χ0v) is 18.0. The average molecular weight is 426 g/mol. The van der Waals surface area contributed by atoms with Gasteiger partial charge in [0.05, 0.1) is 23.1 Å². The van der Waals surface area contributed by atoms with E-state index in [1.807, 2.05) is 51.1 Å². The molecule has 0 fully saturated rings. The zero-order chi connectivity index (χ0) is 21.4. The first-order chi connectivity index (χ1) is 14.4. The maximum Gasteiger partial charge on any atom is 0.290 e. The van der Waals surface area contributed by atoms with Crippen LogP contribution in [0.15, 0.2) is 51.7 Å². The van der Waals surface area contributed by atoms with E-state index in [4.69, 9.17) is 20.8 Å². The van der Waals surface area contributed by atoms with E-state index in [9.17, 15) is 9.59 Å². The van der Waals surface area contributed by atoms with Gasteiger partial charge < -0.3 is 14.1 Å². The predicted molar refractivity (Wildman–Crippen MR) is 117 cm³/mol. The molecule has 1 unspecified atom stereocenters. The van der Waals surface area contributed by atoms with Crippen molar-refractivity contribution in [3.63, 3.8) is 0 Å². The molecular weight excluding hydrogens is 402 g/mol. The molecule has 2 heterocycles. The van der Waals surface area contributed by atoms with E-state index in [1.54, 1.807) is 17.0 Å². The third kappa shape index (κ3) is 3.64. The van der Waals surface area contributed by atoms with Gasteiger partial charge >= 0.3 is 0 Å². The molecule has 1 atom stereocenters. The van der Waals surface area contributed by atoms with Crippen LogP contribution in [0.3, 0.4) is 0 Å². The molecule has 6 heteroatoms. The molecule has 156 valence electrons. The number of fused-ring (bicyclic) bond motifs is 2. The number of halogens is 1. The minimum Gasteiger partial charge on any atom is -0.450 e. The van der Waals surface area contributed by atoms with Crippen molar-refractivity contribution in [3.05, 3.63) is 80.2 Å². The van der Waals surface area contributed by atoms with Crippen LogP contribution in [0.1, 0.15) is 53.6 Å². The van der Waals surface area contributed by atoms with E-state index in [-0.39, 0.29) is 23.2 Å². The number of rotatable bonds is 6. The van der Waals surface area contributed by atoms with Crippen LogP contribution in [-0.4, -0.2) is 30.1 Å². The van der Waals surface area contributed by atoms with Gasteiger partial charge in [0, 0.05) is 18.2 Å². The van der Waals surface area contributed by atoms with Crippen molar-refractivity contribution < 1.29 is 13.9 Å². The van der Waals surface area contributed by atoms with Gasteiger partial charge in [0.1, 0.15) is 5.58 Å². The van der Waals surface area contributed by atoms with Gasteiger partial charge in [0.2, 0.25) is 5.76 Å². The molecule has 2 aromatic carbocycles. The Bertz CT molecular complexity index is 1150.